The molecule has 0 unspecified atom stereocenters. The molecule has 2 N–H and O–H groups in total. The Morgan fingerprint density at radius 3 is 2.76 bits per heavy atom. The normalized spacial score (nSPS) is 23.1. The summed E-state index contributed by atoms with van der Waals surface area (Å²) >= 11 is 0. The van der Waals surface area contributed by atoms with Crippen LogP contribution in [0, 0.1) is 5.82 Å². The number of benzene rings is 1. The lowest BCUT2D eigenvalue weighted by atomic mass is 9.82. The Morgan fingerprint density at radius 1 is 1.24 bits per heavy atom. The molecule has 10 heteroatoms. The number of methoxy groups -OCH3 is 1. The Balaban J connectivity index is 1.61. The number of aromatic nitrogens is 4. The lowest BCUT2D eigenvalue weighted by molar-refractivity contribution is -0.170. The minimum atomic E-state index is -1.21. The van der Waals surface area contributed by atoms with Crippen molar-refractivity contribution in [3.63, 3.8) is 0 Å². The minimum Gasteiger partial charge on any atom is -0.494 e. The zero-order valence-electron chi connectivity index (χ0n) is 20.8. The predicted octanol–water partition coefficient (Wildman–Crippen LogP) is 4.68. The van der Waals surface area contributed by atoms with Gasteiger partial charge in [0.15, 0.2) is 22.8 Å². The van der Waals surface area contributed by atoms with Crippen LogP contribution in [0.25, 0.3) is 27.8 Å². The van der Waals surface area contributed by atoms with Crippen molar-refractivity contribution in [1.82, 2.24) is 19.7 Å². The number of halogens is 1. The molecule has 4 aromatic rings. The first-order valence-electron chi connectivity index (χ1n) is 12.6. The Bertz CT molecular complexity index is 1480. The van der Waals surface area contributed by atoms with Gasteiger partial charge in [0.1, 0.15) is 0 Å². The number of rotatable bonds is 5. The van der Waals surface area contributed by atoms with Crippen molar-refractivity contribution in [3.8, 4) is 11.4 Å². The summed E-state index contributed by atoms with van der Waals surface area (Å²) in [6.07, 6.45) is 4.44. The van der Waals surface area contributed by atoms with Crippen LogP contribution >= 0.6 is 0 Å². The van der Waals surface area contributed by atoms with Crippen molar-refractivity contribution >= 4 is 28.0 Å². The third-order valence-corrected chi connectivity index (χ3v) is 7.85. The van der Waals surface area contributed by atoms with Gasteiger partial charge in [-0.25, -0.2) is 14.2 Å². The minimum absolute atomic E-state index is 0.0516. The molecule has 2 fully saturated rings. The van der Waals surface area contributed by atoms with Crippen LogP contribution in [-0.2, 0) is 14.3 Å². The molecule has 2 aliphatic heterocycles. The first-order chi connectivity index (χ1) is 17.9. The predicted molar refractivity (Wildman–Crippen MR) is 134 cm³/mol. The number of nitrogens with one attached hydrogen (secondary N) is 1. The number of carbonyl (C=O) groups is 1. The SMILES string of the molecule is COc1cc(-n2c(C3CCOCC3)c([C@@H]3CC[C@@](C)(C(=O)O)OC3)c3nc4[nH]ncc4cc32)ccc1F. The van der Waals surface area contributed by atoms with Crippen LogP contribution in [0.3, 0.4) is 0 Å². The summed E-state index contributed by atoms with van der Waals surface area (Å²) in [5, 5.41) is 17.7. The fraction of sp³-hybridized carbons (Fsp3) is 0.444. The molecular weight excluding hydrogens is 479 g/mol. The van der Waals surface area contributed by atoms with E-state index in [9.17, 15) is 14.3 Å². The van der Waals surface area contributed by atoms with Gasteiger partial charge in [-0.15, -0.1) is 0 Å². The average molecular weight is 509 g/mol. The number of aliphatic carboxylic acids is 1. The van der Waals surface area contributed by atoms with Gasteiger partial charge in [0.05, 0.1) is 30.9 Å². The second kappa shape index (κ2) is 9.11. The summed E-state index contributed by atoms with van der Waals surface area (Å²) in [6.45, 7) is 3.20. The van der Waals surface area contributed by atoms with Gasteiger partial charge in [0.25, 0.3) is 0 Å². The van der Waals surface area contributed by atoms with E-state index in [0.717, 1.165) is 46.2 Å². The Hall–Kier alpha value is -3.50. The molecule has 0 radical (unpaired) electrons. The van der Waals surface area contributed by atoms with Crippen LogP contribution in [0.15, 0.2) is 30.5 Å². The summed E-state index contributed by atoms with van der Waals surface area (Å²) in [5.41, 5.74) is 4.07. The molecule has 0 aliphatic carbocycles. The van der Waals surface area contributed by atoms with E-state index in [-0.39, 0.29) is 24.2 Å². The first-order valence-corrected chi connectivity index (χ1v) is 12.6. The quantitative estimate of drug-likeness (QED) is 0.403. The smallest absolute Gasteiger partial charge is 0.335 e. The number of fused-ring (bicyclic) bond motifs is 2. The van der Waals surface area contributed by atoms with Gasteiger partial charge in [-0.05, 0) is 50.8 Å². The Labute approximate surface area is 212 Å². The Morgan fingerprint density at radius 2 is 2.05 bits per heavy atom. The van der Waals surface area contributed by atoms with E-state index >= 15 is 0 Å². The number of nitrogens with zero attached hydrogens (tertiary/aromatic N) is 3. The molecule has 0 spiro atoms. The lowest BCUT2D eigenvalue weighted by Crippen LogP contribution is -2.43. The molecular formula is C27H29FN4O5. The monoisotopic (exact) mass is 508 g/mol. The van der Waals surface area contributed by atoms with Crippen molar-refractivity contribution in [2.75, 3.05) is 26.9 Å². The topological polar surface area (TPSA) is 111 Å². The molecule has 3 aromatic heterocycles. The van der Waals surface area contributed by atoms with Crippen LogP contribution in [0.5, 0.6) is 5.75 Å². The molecule has 0 bridgehead atoms. The summed E-state index contributed by atoms with van der Waals surface area (Å²) < 4.78 is 33.6. The van der Waals surface area contributed by atoms with Crippen molar-refractivity contribution in [2.24, 2.45) is 0 Å². The summed E-state index contributed by atoms with van der Waals surface area (Å²) in [6, 6.07) is 6.93. The number of aromatic amines is 1. The van der Waals surface area contributed by atoms with E-state index < -0.39 is 17.4 Å². The molecule has 2 aliphatic rings. The standard InChI is InChI=1S/C27H29FN4O5/c1-27(26(33)34)8-5-16(14-37-27)22-23-20(11-17-13-29-31-25(17)30-23)32(24(22)15-6-9-36-10-7-15)18-3-4-19(28)21(12-18)35-2/h3-4,11-13,15-16H,5-10,14H2,1-2H3,(H,33,34)(H,29,30,31)/t16-,27+/m1/s1. The molecule has 2 saturated heterocycles. The average Bonchev–Trinajstić information content (AvgIpc) is 3.50. The van der Waals surface area contributed by atoms with Crippen molar-refractivity contribution < 1.29 is 28.5 Å². The summed E-state index contributed by atoms with van der Waals surface area (Å²) in [4.78, 5) is 16.8. The van der Waals surface area contributed by atoms with Gasteiger partial charge < -0.3 is 23.9 Å². The van der Waals surface area contributed by atoms with E-state index in [1.807, 2.05) is 6.07 Å². The van der Waals surface area contributed by atoms with Crippen LogP contribution in [0.1, 0.15) is 55.7 Å². The number of hydrogen-bond acceptors (Lipinski definition) is 6. The van der Waals surface area contributed by atoms with E-state index in [2.05, 4.69) is 14.8 Å². The molecule has 194 valence electrons. The number of carboxylic acids is 1. The number of hydrogen-bond donors (Lipinski definition) is 2. The fourth-order valence-corrected chi connectivity index (χ4v) is 5.74. The van der Waals surface area contributed by atoms with Gasteiger partial charge in [0, 0.05) is 53.4 Å². The zero-order chi connectivity index (χ0) is 25.7. The number of carboxylic acid groups (broad SMARTS) is 1. The third-order valence-electron chi connectivity index (χ3n) is 7.85. The number of ether oxygens (including phenoxy) is 3. The van der Waals surface area contributed by atoms with Crippen LogP contribution in [0.4, 0.5) is 4.39 Å². The molecule has 2 atom stereocenters. The van der Waals surface area contributed by atoms with Gasteiger partial charge in [-0.3, -0.25) is 5.10 Å². The van der Waals surface area contributed by atoms with E-state index in [1.54, 1.807) is 25.3 Å². The number of pyridine rings is 1. The molecule has 5 heterocycles. The maximum atomic E-state index is 14.4. The third kappa shape index (κ3) is 3.95. The molecule has 1 aromatic carbocycles. The fourth-order valence-electron chi connectivity index (χ4n) is 5.74. The lowest BCUT2D eigenvalue weighted by Gasteiger charge is -2.35. The van der Waals surface area contributed by atoms with Gasteiger partial charge >= 0.3 is 5.97 Å². The largest absolute Gasteiger partial charge is 0.494 e. The van der Waals surface area contributed by atoms with Crippen molar-refractivity contribution in [1.29, 1.82) is 0 Å². The first kappa shape index (κ1) is 23.9. The van der Waals surface area contributed by atoms with Gasteiger partial charge in [0.2, 0.25) is 0 Å². The zero-order valence-corrected chi connectivity index (χ0v) is 20.8. The number of H-pyrrole nitrogens is 1. The summed E-state index contributed by atoms with van der Waals surface area (Å²) in [5.74, 6) is -1.09. The maximum absolute atomic E-state index is 14.4. The summed E-state index contributed by atoms with van der Waals surface area (Å²) in [7, 11) is 1.45. The van der Waals surface area contributed by atoms with Gasteiger partial charge in [-0.1, -0.05) is 0 Å². The Kier molecular flexibility index (Phi) is 5.88. The second-order valence-electron chi connectivity index (χ2n) is 10.1. The molecule has 6 rings (SSSR count). The molecule has 37 heavy (non-hydrogen) atoms. The molecule has 9 nitrogen and oxygen atoms in total. The molecule has 0 saturated carbocycles. The van der Waals surface area contributed by atoms with Crippen LogP contribution in [-0.4, -0.2) is 63.4 Å². The highest BCUT2D eigenvalue weighted by atomic mass is 19.1. The van der Waals surface area contributed by atoms with Crippen LogP contribution in [0.2, 0.25) is 0 Å². The van der Waals surface area contributed by atoms with Crippen molar-refractivity contribution in [2.45, 2.75) is 50.0 Å². The van der Waals surface area contributed by atoms with E-state index in [4.69, 9.17) is 19.2 Å². The maximum Gasteiger partial charge on any atom is 0.335 e. The highest BCUT2D eigenvalue weighted by Crippen LogP contribution is 2.45. The van der Waals surface area contributed by atoms with Gasteiger partial charge in [-0.2, -0.15) is 5.10 Å². The second-order valence-corrected chi connectivity index (χ2v) is 10.1. The van der Waals surface area contributed by atoms with E-state index in [1.165, 1.54) is 13.2 Å². The van der Waals surface area contributed by atoms with E-state index in [0.29, 0.717) is 31.7 Å². The van der Waals surface area contributed by atoms with Crippen LogP contribution < -0.4 is 4.74 Å². The molecule has 0 amide bonds. The highest BCUT2D eigenvalue weighted by Gasteiger charge is 2.41. The van der Waals surface area contributed by atoms with Crippen molar-refractivity contribution in [3.05, 3.63) is 47.5 Å². The highest BCUT2D eigenvalue weighted by molar-refractivity contribution is 5.94.